The van der Waals surface area contributed by atoms with Gasteiger partial charge in [0.25, 0.3) is 0 Å². The standard InChI is InChI=1S/C15H20N4OS/c1-10(2)19(8-11-4-3-5-21-11)15(20)13-6-12-14(7-16-13)18-9-17-12/h3-5,9-10,13,16H,6-8H2,1-2H3,(H,17,18). The Morgan fingerprint density at radius 1 is 1.57 bits per heavy atom. The first-order valence-corrected chi connectivity index (χ1v) is 8.10. The molecule has 3 heterocycles. The molecule has 1 amide bonds. The average Bonchev–Trinajstić information content (AvgIpc) is 3.14. The lowest BCUT2D eigenvalue weighted by atomic mass is 10.0. The summed E-state index contributed by atoms with van der Waals surface area (Å²) < 4.78 is 0. The average molecular weight is 304 g/mol. The van der Waals surface area contributed by atoms with Crippen molar-refractivity contribution in [1.82, 2.24) is 20.2 Å². The Morgan fingerprint density at radius 3 is 3.14 bits per heavy atom. The summed E-state index contributed by atoms with van der Waals surface area (Å²) in [5.41, 5.74) is 2.10. The van der Waals surface area contributed by atoms with Crippen molar-refractivity contribution in [3.05, 3.63) is 40.1 Å². The van der Waals surface area contributed by atoms with Crippen LogP contribution in [0.1, 0.15) is 30.1 Å². The third-order valence-corrected chi connectivity index (χ3v) is 4.70. The highest BCUT2D eigenvalue weighted by atomic mass is 32.1. The molecule has 0 fully saturated rings. The number of nitrogens with zero attached hydrogens (tertiary/aromatic N) is 2. The molecule has 112 valence electrons. The van der Waals surface area contributed by atoms with Crippen LogP contribution < -0.4 is 5.32 Å². The fraction of sp³-hybridized carbons (Fsp3) is 0.467. The zero-order valence-electron chi connectivity index (χ0n) is 12.3. The highest BCUT2D eigenvalue weighted by molar-refractivity contribution is 7.09. The Morgan fingerprint density at radius 2 is 2.43 bits per heavy atom. The van der Waals surface area contributed by atoms with E-state index in [9.17, 15) is 4.79 Å². The van der Waals surface area contributed by atoms with Crippen molar-refractivity contribution in [3.8, 4) is 0 Å². The van der Waals surface area contributed by atoms with Gasteiger partial charge in [-0.1, -0.05) is 6.07 Å². The summed E-state index contributed by atoms with van der Waals surface area (Å²) >= 11 is 1.69. The van der Waals surface area contributed by atoms with E-state index in [0.717, 1.165) is 11.4 Å². The predicted molar refractivity (Wildman–Crippen MR) is 82.9 cm³/mol. The van der Waals surface area contributed by atoms with Gasteiger partial charge in [-0.2, -0.15) is 0 Å². The van der Waals surface area contributed by atoms with E-state index >= 15 is 0 Å². The Bertz CT molecular complexity index is 605. The van der Waals surface area contributed by atoms with Crippen molar-refractivity contribution in [2.75, 3.05) is 0 Å². The molecular formula is C15H20N4OS. The van der Waals surface area contributed by atoms with Gasteiger partial charge in [-0.05, 0) is 25.3 Å². The minimum absolute atomic E-state index is 0.159. The molecule has 21 heavy (non-hydrogen) atoms. The summed E-state index contributed by atoms with van der Waals surface area (Å²) in [5.74, 6) is 0.159. The highest BCUT2D eigenvalue weighted by Crippen LogP contribution is 2.18. The number of aromatic nitrogens is 2. The van der Waals surface area contributed by atoms with Gasteiger partial charge in [-0.25, -0.2) is 4.98 Å². The minimum Gasteiger partial charge on any atom is -0.347 e. The number of hydrogen-bond acceptors (Lipinski definition) is 4. The molecule has 2 aromatic heterocycles. The highest BCUT2D eigenvalue weighted by Gasteiger charge is 2.30. The third kappa shape index (κ3) is 3.01. The van der Waals surface area contributed by atoms with Crippen LogP contribution in [-0.4, -0.2) is 32.9 Å². The van der Waals surface area contributed by atoms with E-state index < -0.39 is 0 Å². The van der Waals surface area contributed by atoms with Gasteiger partial charge in [0.15, 0.2) is 0 Å². The third-order valence-electron chi connectivity index (χ3n) is 3.84. The van der Waals surface area contributed by atoms with Crippen LogP contribution in [-0.2, 0) is 24.3 Å². The maximum atomic E-state index is 12.8. The zero-order chi connectivity index (χ0) is 14.8. The molecule has 2 aromatic rings. The number of H-pyrrole nitrogens is 1. The smallest absolute Gasteiger partial charge is 0.240 e. The normalized spacial score (nSPS) is 17.8. The molecule has 0 saturated heterocycles. The number of rotatable bonds is 4. The Labute approximate surface area is 128 Å². The number of carbonyl (C=O) groups excluding carboxylic acids is 1. The summed E-state index contributed by atoms with van der Waals surface area (Å²) in [5, 5.41) is 5.37. The number of nitrogens with one attached hydrogen (secondary N) is 2. The summed E-state index contributed by atoms with van der Waals surface area (Å²) in [7, 11) is 0. The number of carbonyl (C=O) groups is 1. The molecule has 2 N–H and O–H groups in total. The van der Waals surface area contributed by atoms with Gasteiger partial charge in [0.1, 0.15) is 0 Å². The summed E-state index contributed by atoms with van der Waals surface area (Å²) in [6.07, 6.45) is 2.36. The van der Waals surface area contributed by atoms with Crippen molar-refractivity contribution < 1.29 is 4.79 Å². The molecule has 5 nitrogen and oxygen atoms in total. The number of amides is 1. The van der Waals surface area contributed by atoms with Gasteiger partial charge in [0.05, 0.1) is 30.3 Å². The molecule has 0 saturated carbocycles. The van der Waals surface area contributed by atoms with E-state index in [-0.39, 0.29) is 18.0 Å². The number of thiophene rings is 1. The molecule has 0 aliphatic carbocycles. The molecule has 0 aromatic carbocycles. The Hall–Kier alpha value is -1.66. The number of hydrogen-bond donors (Lipinski definition) is 2. The second-order valence-corrected chi connectivity index (χ2v) is 6.64. The molecule has 1 atom stereocenters. The van der Waals surface area contributed by atoms with Crippen LogP contribution in [0.2, 0.25) is 0 Å². The summed E-state index contributed by atoms with van der Waals surface area (Å²) in [4.78, 5) is 23.4. The van der Waals surface area contributed by atoms with Gasteiger partial charge in [-0.15, -0.1) is 11.3 Å². The number of aromatic amines is 1. The van der Waals surface area contributed by atoms with E-state index in [0.29, 0.717) is 19.5 Å². The van der Waals surface area contributed by atoms with E-state index in [1.165, 1.54) is 4.88 Å². The van der Waals surface area contributed by atoms with E-state index in [1.807, 2.05) is 16.3 Å². The van der Waals surface area contributed by atoms with Crippen molar-refractivity contribution in [3.63, 3.8) is 0 Å². The Balaban J connectivity index is 1.73. The maximum Gasteiger partial charge on any atom is 0.240 e. The fourth-order valence-corrected chi connectivity index (χ4v) is 3.33. The quantitative estimate of drug-likeness (QED) is 0.907. The van der Waals surface area contributed by atoms with E-state index in [4.69, 9.17) is 0 Å². The first-order valence-electron chi connectivity index (χ1n) is 7.22. The van der Waals surface area contributed by atoms with Gasteiger partial charge in [-0.3, -0.25) is 10.1 Å². The second kappa shape index (κ2) is 5.99. The van der Waals surface area contributed by atoms with Crippen LogP contribution in [0.5, 0.6) is 0 Å². The first-order chi connectivity index (χ1) is 10.1. The molecule has 1 unspecified atom stereocenters. The fourth-order valence-electron chi connectivity index (χ4n) is 2.63. The zero-order valence-corrected chi connectivity index (χ0v) is 13.1. The van der Waals surface area contributed by atoms with Gasteiger partial charge >= 0.3 is 0 Å². The van der Waals surface area contributed by atoms with Crippen LogP contribution in [0.4, 0.5) is 0 Å². The van der Waals surface area contributed by atoms with E-state index in [1.54, 1.807) is 17.7 Å². The lowest BCUT2D eigenvalue weighted by molar-refractivity contribution is -0.136. The lowest BCUT2D eigenvalue weighted by Gasteiger charge is -2.32. The molecule has 1 aliphatic rings. The summed E-state index contributed by atoms with van der Waals surface area (Å²) in [6, 6.07) is 4.11. The maximum absolute atomic E-state index is 12.8. The molecular weight excluding hydrogens is 284 g/mol. The van der Waals surface area contributed by atoms with E-state index in [2.05, 4.69) is 35.2 Å². The summed E-state index contributed by atoms with van der Waals surface area (Å²) in [6.45, 7) is 5.49. The molecule has 0 radical (unpaired) electrons. The molecule has 0 bridgehead atoms. The minimum atomic E-state index is -0.178. The van der Waals surface area contributed by atoms with Gasteiger partial charge < -0.3 is 9.88 Å². The van der Waals surface area contributed by atoms with Gasteiger partial charge in [0, 0.05) is 23.9 Å². The molecule has 6 heteroatoms. The van der Waals surface area contributed by atoms with Crippen LogP contribution in [0.25, 0.3) is 0 Å². The van der Waals surface area contributed by atoms with Crippen molar-refractivity contribution in [1.29, 1.82) is 0 Å². The Kier molecular flexibility index (Phi) is 4.07. The van der Waals surface area contributed by atoms with Crippen LogP contribution >= 0.6 is 11.3 Å². The topological polar surface area (TPSA) is 61.0 Å². The monoisotopic (exact) mass is 304 g/mol. The van der Waals surface area contributed by atoms with Crippen LogP contribution in [0, 0.1) is 0 Å². The molecule has 0 spiro atoms. The van der Waals surface area contributed by atoms with Crippen molar-refractivity contribution in [2.45, 2.75) is 45.4 Å². The second-order valence-electron chi connectivity index (χ2n) is 5.60. The number of imidazole rings is 1. The first kappa shape index (κ1) is 14.3. The van der Waals surface area contributed by atoms with Crippen molar-refractivity contribution >= 4 is 17.2 Å². The van der Waals surface area contributed by atoms with Gasteiger partial charge in [0.2, 0.25) is 5.91 Å². The number of fused-ring (bicyclic) bond motifs is 1. The molecule has 1 aliphatic heterocycles. The SMILES string of the molecule is CC(C)N(Cc1cccs1)C(=O)C1Cc2nc[nH]c2CN1. The van der Waals surface area contributed by atoms with Crippen LogP contribution in [0.3, 0.4) is 0 Å². The van der Waals surface area contributed by atoms with Crippen LogP contribution in [0.15, 0.2) is 23.8 Å². The lowest BCUT2D eigenvalue weighted by Crippen LogP contribution is -2.51. The molecule has 3 rings (SSSR count). The largest absolute Gasteiger partial charge is 0.347 e. The predicted octanol–water partition coefficient (Wildman–Crippen LogP) is 1.92. The van der Waals surface area contributed by atoms with Crippen molar-refractivity contribution in [2.24, 2.45) is 0 Å².